The third-order valence-corrected chi connectivity index (χ3v) is 8.35. The van der Waals surface area contributed by atoms with Crippen LogP contribution in [0.3, 0.4) is 0 Å². The number of nitrogens with zero attached hydrogens (tertiary/aromatic N) is 2. The molecule has 0 radical (unpaired) electrons. The summed E-state index contributed by atoms with van der Waals surface area (Å²) in [6.07, 6.45) is 3.13. The minimum Gasteiger partial charge on any atom is -0.502 e. The molecule has 4 heterocycles. The first-order chi connectivity index (χ1) is 17.4. The van der Waals surface area contributed by atoms with Crippen LogP contribution in [0, 0.1) is 11.8 Å². The molecule has 36 heavy (non-hydrogen) atoms. The largest absolute Gasteiger partial charge is 0.502 e. The molecule has 5 aliphatic rings. The van der Waals surface area contributed by atoms with Gasteiger partial charge in [-0.1, -0.05) is 18.2 Å². The van der Waals surface area contributed by atoms with Crippen molar-refractivity contribution in [1.29, 1.82) is 0 Å². The summed E-state index contributed by atoms with van der Waals surface area (Å²) in [7, 11) is 4.57. The van der Waals surface area contributed by atoms with Crippen molar-refractivity contribution in [2.24, 2.45) is 16.8 Å². The zero-order valence-electron chi connectivity index (χ0n) is 20.9. The Bertz CT molecular complexity index is 1280. The highest BCUT2D eigenvalue weighted by atomic mass is 16.7. The molecule has 2 saturated heterocycles. The lowest BCUT2D eigenvalue weighted by Gasteiger charge is -2.38. The van der Waals surface area contributed by atoms with Gasteiger partial charge in [-0.2, -0.15) is 5.06 Å². The van der Waals surface area contributed by atoms with E-state index in [4.69, 9.17) is 24.0 Å². The lowest BCUT2D eigenvalue weighted by atomic mass is 9.71. The molecular formula is C28H30N2O6. The number of carbonyl (C=O) groups excluding carboxylic acids is 1. The fourth-order valence-electron chi connectivity index (χ4n) is 6.72. The van der Waals surface area contributed by atoms with Crippen molar-refractivity contribution < 1.29 is 28.9 Å². The molecule has 5 atom stereocenters. The van der Waals surface area contributed by atoms with Crippen LogP contribution in [0.25, 0.3) is 6.08 Å². The minimum absolute atomic E-state index is 0.0152. The highest BCUT2D eigenvalue weighted by Crippen LogP contribution is 2.57. The summed E-state index contributed by atoms with van der Waals surface area (Å²) >= 11 is 0. The molecule has 2 unspecified atom stereocenters. The number of hydrogen-bond acceptors (Lipinski definition) is 7. The van der Waals surface area contributed by atoms with Gasteiger partial charge >= 0.3 is 0 Å². The Kier molecular flexibility index (Phi) is 5.35. The normalized spacial score (nSPS) is 30.4. The maximum absolute atomic E-state index is 13.8. The van der Waals surface area contributed by atoms with E-state index < -0.39 is 5.41 Å². The van der Waals surface area contributed by atoms with E-state index in [1.807, 2.05) is 30.3 Å². The van der Waals surface area contributed by atoms with Gasteiger partial charge in [0, 0.05) is 17.5 Å². The third-order valence-electron chi connectivity index (χ3n) is 8.35. The SMILES string of the molecule is COc1cc(/C=C(\C)C2=N[C@H]3C[C@@]4(C(=O)N(OC)c5ccccc54)[C@H]4CC2C3CO4)cc(OC)c1O. The van der Waals surface area contributed by atoms with Gasteiger partial charge in [0.2, 0.25) is 5.75 Å². The summed E-state index contributed by atoms with van der Waals surface area (Å²) in [4.78, 5) is 24.5. The number of benzene rings is 2. The number of carbonyl (C=O) groups is 1. The van der Waals surface area contributed by atoms with Crippen molar-refractivity contribution in [2.75, 3.05) is 33.0 Å². The Morgan fingerprint density at radius 3 is 2.61 bits per heavy atom. The molecule has 2 aromatic carbocycles. The Hall–Kier alpha value is -3.36. The van der Waals surface area contributed by atoms with Crippen molar-refractivity contribution in [1.82, 2.24) is 0 Å². The maximum atomic E-state index is 13.8. The van der Waals surface area contributed by atoms with Gasteiger partial charge in [-0.05, 0) is 60.7 Å². The highest BCUT2D eigenvalue weighted by Gasteiger charge is 2.64. The summed E-state index contributed by atoms with van der Waals surface area (Å²) in [5.41, 5.74) is 3.96. The third kappa shape index (κ3) is 3.07. The van der Waals surface area contributed by atoms with E-state index in [1.165, 1.54) is 26.4 Å². The molecule has 1 amide bonds. The van der Waals surface area contributed by atoms with E-state index in [0.717, 1.165) is 34.5 Å². The number of anilines is 1. The lowest BCUT2D eigenvalue weighted by Crippen LogP contribution is -2.51. The fourth-order valence-corrected chi connectivity index (χ4v) is 6.72. The molecule has 3 fully saturated rings. The molecular weight excluding hydrogens is 460 g/mol. The fraction of sp³-hybridized carbons (Fsp3) is 0.429. The number of para-hydroxylation sites is 1. The van der Waals surface area contributed by atoms with E-state index in [2.05, 4.69) is 6.92 Å². The monoisotopic (exact) mass is 490 g/mol. The van der Waals surface area contributed by atoms with Crippen LogP contribution in [0.1, 0.15) is 30.9 Å². The number of hydroxylamine groups is 1. The molecule has 8 nitrogen and oxygen atoms in total. The number of phenolic OH excluding ortho intramolecular Hbond substituents is 1. The molecule has 8 heteroatoms. The quantitative estimate of drug-likeness (QED) is 0.684. The maximum Gasteiger partial charge on any atom is 0.264 e. The Balaban J connectivity index is 1.39. The van der Waals surface area contributed by atoms with Crippen LogP contribution in [0.5, 0.6) is 17.2 Å². The smallest absolute Gasteiger partial charge is 0.264 e. The number of aromatic hydroxyl groups is 1. The van der Waals surface area contributed by atoms with Crippen molar-refractivity contribution >= 4 is 23.4 Å². The first-order valence-corrected chi connectivity index (χ1v) is 12.2. The number of rotatable bonds is 5. The summed E-state index contributed by atoms with van der Waals surface area (Å²) in [5.74, 6) is 1.07. The van der Waals surface area contributed by atoms with Gasteiger partial charge in [0.05, 0.1) is 45.8 Å². The van der Waals surface area contributed by atoms with E-state index >= 15 is 0 Å². The summed E-state index contributed by atoms with van der Waals surface area (Å²) < 4.78 is 17.0. The number of phenols is 1. The Morgan fingerprint density at radius 2 is 1.92 bits per heavy atom. The zero-order valence-corrected chi connectivity index (χ0v) is 20.9. The van der Waals surface area contributed by atoms with E-state index in [-0.39, 0.29) is 35.6 Å². The van der Waals surface area contributed by atoms with Crippen LogP contribution in [0.15, 0.2) is 47.0 Å². The number of amides is 1. The molecule has 2 aromatic rings. The van der Waals surface area contributed by atoms with Crippen molar-refractivity contribution in [2.45, 2.75) is 37.3 Å². The van der Waals surface area contributed by atoms with Gasteiger partial charge in [-0.25, -0.2) is 0 Å². The number of fused-ring (bicyclic) bond motifs is 2. The molecule has 1 aliphatic carbocycles. The molecule has 1 N–H and O–H groups in total. The van der Waals surface area contributed by atoms with Crippen molar-refractivity contribution in [3.8, 4) is 17.2 Å². The minimum atomic E-state index is -0.787. The van der Waals surface area contributed by atoms with Crippen molar-refractivity contribution in [3.63, 3.8) is 0 Å². The van der Waals surface area contributed by atoms with Gasteiger partial charge in [0.25, 0.3) is 5.91 Å². The number of allylic oxidation sites excluding steroid dienone is 1. The van der Waals surface area contributed by atoms with Crippen LogP contribution in [-0.4, -0.2) is 56.8 Å². The molecule has 4 bridgehead atoms. The van der Waals surface area contributed by atoms with E-state index in [0.29, 0.717) is 24.5 Å². The van der Waals surface area contributed by atoms with Crippen LogP contribution < -0.4 is 14.5 Å². The van der Waals surface area contributed by atoms with Gasteiger partial charge in [-0.15, -0.1) is 0 Å². The summed E-state index contributed by atoms with van der Waals surface area (Å²) in [6, 6.07) is 11.4. The first kappa shape index (κ1) is 23.1. The highest BCUT2D eigenvalue weighted by molar-refractivity contribution is 6.09. The topological polar surface area (TPSA) is 89.8 Å². The second-order valence-electron chi connectivity index (χ2n) is 9.99. The van der Waals surface area contributed by atoms with Crippen LogP contribution >= 0.6 is 0 Å². The second-order valence-corrected chi connectivity index (χ2v) is 9.99. The second kappa shape index (κ2) is 8.35. The molecule has 188 valence electrons. The first-order valence-electron chi connectivity index (χ1n) is 12.2. The standard InChI is InChI=1S/C28H30N2O6/c1-15(9-16-10-22(33-2)26(31)23(11-16)34-3)25-17-12-24-28(13-20(29-25)18(17)14-36-24)19-7-5-6-8-21(19)30(35-4)27(28)32/h5-11,17-18,20,24,31H,12-14H2,1-4H3/b15-9+/t17?,18?,20-,24+,28-/m0/s1. The number of methoxy groups -OCH3 is 2. The molecule has 7 rings (SSSR count). The van der Waals surface area contributed by atoms with Crippen LogP contribution in [-0.2, 0) is 19.8 Å². The van der Waals surface area contributed by atoms with Crippen molar-refractivity contribution in [3.05, 3.63) is 53.1 Å². The van der Waals surface area contributed by atoms with Gasteiger partial charge in [-0.3, -0.25) is 14.6 Å². The summed E-state index contributed by atoms with van der Waals surface area (Å²) in [6.45, 7) is 2.65. The lowest BCUT2D eigenvalue weighted by molar-refractivity contribution is -0.137. The van der Waals surface area contributed by atoms with Crippen LogP contribution in [0.4, 0.5) is 5.69 Å². The van der Waals surface area contributed by atoms with Crippen LogP contribution in [0.2, 0.25) is 0 Å². The van der Waals surface area contributed by atoms with Gasteiger partial charge < -0.3 is 19.3 Å². The molecule has 4 aliphatic heterocycles. The predicted molar refractivity (Wildman–Crippen MR) is 135 cm³/mol. The van der Waals surface area contributed by atoms with Gasteiger partial charge in [0.15, 0.2) is 11.5 Å². The summed E-state index contributed by atoms with van der Waals surface area (Å²) in [5, 5.41) is 11.7. The van der Waals surface area contributed by atoms with E-state index in [9.17, 15) is 9.90 Å². The predicted octanol–water partition coefficient (Wildman–Crippen LogP) is 3.91. The number of ether oxygens (including phenoxy) is 3. The molecule has 1 saturated carbocycles. The average molecular weight is 491 g/mol. The Morgan fingerprint density at radius 1 is 1.19 bits per heavy atom. The van der Waals surface area contributed by atoms with E-state index in [1.54, 1.807) is 12.1 Å². The number of hydrogen-bond donors (Lipinski definition) is 1. The average Bonchev–Trinajstić information content (AvgIpc) is 3.25. The number of aliphatic imine (C=N–C) groups is 1. The molecule has 1 spiro atoms. The van der Waals surface area contributed by atoms with Gasteiger partial charge in [0.1, 0.15) is 5.41 Å². The Labute approximate surface area is 210 Å². The zero-order chi connectivity index (χ0) is 25.2. The molecule has 0 aromatic heterocycles.